The number of aromatic nitrogens is 2. The fourth-order valence-corrected chi connectivity index (χ4v) is 2.68. The Morgan fingerprint density at radius 3 is 2.64 bits per heavy atom. The van der Waals surface area contributed by atoms with Crippen LogP contribution in [-0.4, -0.2) is 15.9 Å². The fraction of sp³-hybridized carbons (Fsp3) is 0.350. The van der Waals surface area contributed by atoms with E-state index >= 15 is 0 Å². The minimum Gasteiger partial charge on any atom is -0.341 e. The number of pyridine rings is 2. The van der Waals surface area contributed by atoms with E-state index in [1.807, 2.05) is 32.9 Å². The van der Waals surface area contributed by atoms with E-state index in [1.165, 1.54) is 0 Å². The fourth-order valence-electron chi connectivity index (χ4n) is 2.68. The summed E-state index contributed by atoms with van der Waals surface area (Å²) in [5.41, 5.74) is 5.33. The normalized spacial score (nSPS) is 10.6. The minimum absolute atomic E-state index is 0.213. The Morgan fingerprint density at radius 1 is 1.28 bits per heavy atom. The van der Waals surface area contributed by atoms with Gasteiger partial charge in [-0.05, 0) is 49.4 Å². The van der Waals surface area contributed by atoms with Gasteiger partial charge in [-0.1, -0.05) is 27.4 Å². The molecule has 132 valence electrons. The molecule has 0 aromatic carbocycles. The van der Waals surface area contributed by atoms with E-state index in [9.17, 15) is 4.79 Å². The quantitative estimate of drug-likeness (QED) is 0.832. The highest BCUT2D eigenvalue weighted by Crippen LogP contribution is 2.25. The van der Waals surface area contributed by atoms with Crippen molar-refractivity contribution in [2.45, 2.75) is 47.0 Å². The lowest BCUT2D eigenvalue weighted by Crippen LogP contribution is -2.28. The van der Waals surface area contributed by atoms with Crippen molar-refractivity contribution < 1.29 is 4.79 Å². The topological polar surface area (TPSA) is 66.9 Å². The maximum Gasteiger partial charge on any atom is 0.258 e. The van der Waals surface area contributed by atoms with Crippen molar-refractivity contribution in [3.8, 4) is 0 Å². The summed E-state index contributed by atoms with van der Waals surface area (Å²) in [4.78, 5) is 21.2. The van der Waals surface area contributed by atoms with Gasteiger partial charge in [0.2, 0.25) is 0 Å². The van der Waals surface area contributed by atoms with Gasteiger partial charge in [-0.3, -0.25) is 14.8 Å². The smallest absolute Gasteiger partial charge is 0.258 e. The van der Waals surface area contributed by atoms with Crippen LogP contribution in [0.4, 0.5) is 5.69 Å². The van der Waals surface area contributed by atoms with E-state index in [2.05, 4.69) is 41.0 Å². The van der Waals surface area contributed by atoms with Crippen LogP contribution in [0.2, 0.25) is 0 Å². The standard InChI is InChI=1S/C20H26N4O/c1-7-16-10-14(5)22-11-17(16)20(25)24-15(6)23-19-13(4)8-9-21-18(19)12(2)3/h8-12,23H,6-7H2,1-5H3,(H,24,25). The van der Waals surface area contributed by atoms with Crippen LogP contribution < -0.4 is 10.6 Å². The molecule has 2 N–H and O–H groups in total. The molecule has 0 atom stereocenters. The monoisotopic (exact) mass is 338 g/mol. The Labute approximate surface area is 149 Å². The molecule has 2 heterocycles. The Kier molecular flexibility index (Phi) is 5.91. The second-order valence-corrected chi connectivity index (χ2v) is 6.44. The number of nitrogens with one attached hydrogen (secondary N) is 2. The Hall–Kier alpha value is -2.69. The largest absolute Gasteiger partial charge is 0.341 e. The number of nitrogens with zero attached hydrogens (tertiary/aromatic N) is 2. The van der Waals surface area contributed by atoms with Crippen molar-refractivity contribution in [2.75, 3.05) is 5.32 Å². The summed E-state index contributed by atoms with van der Waals surface area (Å²) in [6, 6.07) is 3.87. The van der Waals surface area contributed by atoms with Crippen molar-refractivity contribution in [3.63, 3.8) is 0 Å². The zero-order valence-electron chi connectivity index (χ0n) is 15.6. The number of hydrogen-bond donors (Lipinski definition) is 2. The molecule has 0 fully saturated rings. The van der Waals surface area contributed by atoms with Crippen molar-refractivity contribution in [2.24, 2.45) is 0 Å². The third-order valence-electron chi connectivity index (χ3n) is 4.03. The molecule has 0 aliphatic rings. The van der Waals surface area contributed by atoms with Crippen molar-refractivity contribution in [3.05, 3.63) is 65.0 Å². The Morgan fingerprint density at radius 2 is 2.00 bits per heavy atom. The molecule has 0 bridgehead atoms. The summed E-state index contributed by atoms with van der Waals surface area (Å²) in [6.45, 7) is 14.0. The summed E-state index contributed by atoms with van der Waals surface area (Å²) in [5.74, 6) is 0.471. The highest BCUT2D eigenvalue weighted by Gasteiger charge is 2.15. The number of amides is 1. The van der Waals surface area contributed by atoms with Gasteiger partial charge in [0.05, 0.1) is 16.9 Å². The van der Waals surface area contributed by atoms with E-state index in [0.717, 1.165) is 34.6 Å². The number of aryl methyl sites for hydroxylation is 3. The molecular formula is C20H26N4O. The molecule has 0 radical (unpaired) electrons. The Balaban J connectivity index is 2.18. The summed E-state index contributed by atoms with van der Waals surface area (Å²) in [7, 11) is 0. The van der Waals surface area contributed by atoms with E-state index in [-0.39, 0.29) is 11.8 Å². The molecule has 25 heavy (non-hydrogen) atoms. The molecule has 0 unspecified atom stereocenters. The molecule has 2 aromatic rings. The van der Waals surface area contributed by atoms with Gasteiger partial charge in [0.1, 0.15) is 5.82 Å². The predicted octanol–water partition coefficient (Wildman–Crippen LogP) is 4.09. The van der Waals surface area contributed by atoms with E-state index in [1.54, 1.807) is 12.4 Å². The molecule has 0 saturated heterocycles. The maximum absolute atomic E-state index is 12.6. The van der Waals surface area contributed by atoms with Crippen molar-refractivity contribution >= 4 is 11.6 Å². The molecule has 0 aliphatic carbocycles. The number of anilines is 1. The van der Waals surface area contributed by atoms with Crippen LogP contribution in [-0.2, 0) is 6.42 Å². The second-order valence-electron chi connectivity index (χ2n) is 6.44. The SMILES string of the molecule is C=C(NC(=O)c1cnc(C)cc1CC)Nc1c(C)ccnc1C(C)C. The molecule has 1 amide bonds. The number of rotatable bonds is 6. The lowest BCUT2D eigenvalue weighted by atomic mass is 10.0. The first-order valence-corrected chi connectivity index (χ1v) is 8.51. The summed E-state index contributed by atoms with van der Waals surface area (Å²) in [5, 5.41) is 6.02. The third kappa shape index (κ3) is 4.44. The number of carbonyl (C=O) groups is 1. The van der Waals surface area contributed by atoms with Gasteiger partial charge >= 0.3 is 0 Å². The van der Waals surface area contributed by atoms with Crippen molar-refractivity contribution in [1.29, 1.82) is 0 Å². The molecular weight excluding hydrogens is 312 g/mol. The van der Waals surface area contributed by atoms with Crippen LogP contribution in [0.1, 0.15) is 59.6 Å². The Bertz CT molecular complexity index is 796. The molecule has 2 rings (SSSR count). The van der Waals surface area contributed by atoms with E-state index in [0.29, 0.717) is 11.4 Å². The van der Waals surface area contributed by atoms with Crippen LogP contribution in [0, 0.1) is 13.8 Å². The molecule has 5 heteroatoms. The van der Waals surface area contributed by atoms with Crippen LogP contribution in [0.3, 0.4) is 0 Å². The zero-order chi connectivity index (χ0) is 18.6. The number of carbonyl (C=O) groups excluding carboxylic acids is 1. The minimum atomic E-state index is -0.213. The summed E-state index contributed by atoms with van der Waals surface area (Å²) < 4.78 is 0. The van der Waals surface area contributed by atoms with Crippen LogP contribution in [0.15, 0.2) is 36.9 Å². The van der Waals surface area contributed by atoms with Gasteiger partial charge in [-0.2, -0.15) is 0 Å². The van der Waals surface area contributed by atoms with Gasteiger partial charge < -0.3 is 10.6 Å². The van der Waals surface area contributed by atoms with Crippen molar-refractivity contribution in [1.82, 2.24) is 15.3 Å². The van der Waals surface area contributed by atoms with E-state index < -0.39 is 0 Å². The van der Waals surface area contributed by atoms with Crippen LogP contribution in [0.5, 0.6) is 0 Å². The van der Waals surface area contributed by atoms with Gasteiger partial charge in [0, 0.05) is 18.1 Å². The molecule has 0 aliphatic heterocycles. The summed E-state index contributed by atoms with van der Waals surface area (Å²) in [6.07, 6.45) is 4.18. The van der Waals surface area contributed by atoms with Crippen LogP contribution >= 0.6 is 0 Å². The molecule has 0 saturated carbocycles. The highest BCUT2D eigenvalue weighted by atomic mass is 16.1. The maximum atomic E-state index is 12.6. The average Bonchev–Trinajstić information content (AvgIpc) is 2.56. The zero-order valence-corrected chi connectivity index (χ0v) is 15.6. The lowest BCUT2D eigenvalue weighted by molar-refractivity contribution is 0.0965. The van der Waals surface area contributed by atoms with Gasteiger partial charge in [0.15, 0.2) is 0 Å². The molecule has 0 spiro atoms. The first kappa shape index (κ1) is 18.6. The van der Waals surface area contributed by atoms with Gasteiger partial charge in [0.25, 0.3) is 5.91 Å². The third-order valence-corrected chi connectivity index (χ3v) is 4.03. The molecule has 5 nitrogen and oxygen atoms in total. The van der Waals surface area contributed by atoms with Crippen LogP contribution in [0.25, 0.3) is 0 Å². The average molecular weight is 338 g/mol. The first-order valence-electron chi connectivity index (χ1n) is 8.51. The van der Waals surface area contributed by atoms with E-state index in [4.69, 9.17) is 0 Å². The first-order chi connectivity index (χ1) is 11.8. The second kappa shape index (κ2) is 7.92. The highest BCUT2D eigenvalue weighted by molar-refractivity contribution is 5.96. The molecule has 2 aromatic heterocycles. The number of hydrogen-bond acceptors (Lipinski definition) is 4. The lowest BCUT2D eigenvalue weighted by Gasteiger charge is -2.18. The van der Waals surface area contributed by atoms with Gasteiger partial charge in [-0.15, -0.1) is 0 Å². The summed E-state index contributed by atoms with van der Waals surface area (Å²) >= 11 is 0. The van der Waals surface area contributed by atoms with Gasteiger partial charge in [-0.25, -0.2) is 0 Å². The predicted molar refractivity (Wildman–Crippen MR) is 102 cm³/mol.